The van der Waals surface area contributed by atoms with Gasteiger partial charge >= 0.3 is 23.8 Å². The van der Waals surface area contributed by atoms with E-state index in [0.29, 0.717) is 50.3 Å². The summed E-state index contributed by atoms with van der Waals surface area (Å²) >= 11 is 6.44. The number of aromatic amines is 3. The number of hydrogen-bond donors (Lipinski definition) is 13. The van der Waals surface area contributed by atoms with Gasteiger partial charge in [-0.3, -0.25) is 52.9 Å². The Balaban J connectivity index is 0.706. The lowest BCUT2D eigenvalue weighted by molar-refractivity contribution is -0.144. The van der Waals surface area contributed by atoms with E-state index >= 15 is 8.78 Å². The van der Waals surface area contributed by atoms with Gasteiger partial charge in [0.2, 0.25) is 23.7 Å². The van der Waals surface area contributed by atoms with Gasteiger partial charge in [-0.2, -0.15) is 13.8 Å². The number of benzene rings is 5. The van der Waals surface area contributed by atoms with Crippen molar-refractivity contribution in [1.82, 2.24) is 51.2 Å². The molecule has 95 heavy (non-hydrogen) atoms. The molecule has 0 saturated heterocycles. The number of esters is 1. The minimum absolute atomic E-state index is 0.0219. The number of rotatable bonds is 25. The highest BCUT2D eigenvalue weighted by Crippen LogP contribution is 2.46. The molecule has 14 N–H and O–H groups in total. The number of fused-ring (bicyclic) bond motifs is 6. The molecular weight excluding hydrogens is 1270 g/mol. The fourth-order valence-corrected chi connectivity index (χ4v) is 10.7. The summed E-state index contributed by atoms with van der Waals surface area (Å²) in [6.07, 6.45) is -1.56. The van der Waals surface area contributed by atoms with Crippen LogP contribution in [-0.2, 0) is 44.9 Å². The minimum Gasteiger partial charge on any atom is -0.481 e. The number of aliphatic carboxylic acids is 2. The molecule has 1 aliphatic rings. The minimum atomic E-state index is -4.39. The van der Waals surface area contributed by atoms with E-state index in [1.54, 1.807) is 40.5 Å². The molecular formula is C62H54ClF2N15O15. The van der Waals surface area contributed by atoms with Crippen molar-refractivity contribution in [2.75, 3.05) is 45.6 Å². The second kappa shape index (κ2) is 27.7. The number of nitrogen functional groups attached to an aromatic ring is 1. The van der Waals surface area contributed by atoms with Gasteiger partial charge < -0.3 is 77.6 Å². The Morgan fingerprint density at radius 1 is 0.768 bits per heavy atom. The predicted molar refractivity (Wildman–Crippen MR) is 338 cm³/mol. The standard InChI is InChI=1S/C62H54ClF2N15O15/c1-28(82)95-47-22-46-50(38-5-3-2-4-37(38)47)32(23-63)26-80(46)58(91)44-19-31-16-34(10-12-40(31)74-44)71-56(89)42-18-30-17-35(11-13-39(30)73-42)72-60(94)62(64,65)27-69-54(87)43(21-49(84)85)76-55(88)41(14-15-81)75-48(83)20-45(59(92)93)77-53(86)29-6-8-33(9-7-29)67-24-36-25-68-52-51(70-36)57(90)79-61(66)78-52/h2-13,15-19,22,25,32,41,43,45,67,73-74H,14,20-21,23-24,26-27H2,1H3,(H,69,87)(H,71,89)(H,72,94)(H,75,83)(H,76,88)(H,77,86)(H,84,85)(H,92,93)(H3,66,68,78,79,90)/t32?,41-,43-,45-/m0/s1. The van der Waals surface area contributed by atoms with Crippen LogP contribution in [0.2, 0.25) is 0 Å². The number of amides is 7. The van der Waals surface area contributed by atoms with E-state index in [1.807, 2.05) is 34.9 Å². The van der Waals surface area contributed by atoms with Gasteiger partial charge in [0.05, 0.1) is 43.5 Å². The maximum Gasteiger partial charge on any atom is 0.341 e. The molecule has 1 aliphatic heterocycles. The number of alkyl halides is 3. The second-order valence-corrected chi connectivity index (χ2v) is 22.0. The van der Waals surface area contributed by atoms with Crippen LogP contribution in [0, 0.1) is 0 Å². The molecule has 1 unspecified atom stereocenters. The summed E-state index contributed by atoms with van der Waals surface area (Å²) in [7, 11) is 0. The van der Waals surface area contributed by atoms with Gasteiger partial charge in [0.1, 0.15) is 41.5 Å². The topological polar surface area (TPSA) is 454 Å². The van der Waals surface area contributed by atoms with E-state index in [4.69, 9.17) is 22.1 Å². The van der Waals surface area contributed by atoms with Crippen molar-refractivity contribution in [2.45, 2.75) is 62.7 Å². The molecule has 0 bridgehead atoms. The van der Waals surface area contributed by atoms with Crippen LogP contribution in [0.25, 0.3) is 43.7 Å². The average Bonchev–Trinajstić information content (AvgIpc) is 1.62. The molecule has 0 spiro atoms. The van der Waals surface area contributed by atoms with Crippen LogP contribution in [0.15, 0.2) is 114 Å². The zero-order chi connectivity index (χ0) is 68.0. The lowest BCUT2D eigenvalue weighted by Gasteiger charge is -2.23. The Kier molecular flexibility index (Phi) is 19.2. The van der Waals surface area contributed by atoms with Crippen molar-refractivity contribution in [3.05, 3.63) is 148 Å². The van der Waals surface area contributed by atoms with Crippen molar-refractivity contribution in [3.8, 4) is 5.75 Å². The van der Waals surface area contributed by atoms with Crippen LogP contribution < -0.4 is 58.1 Å². The molecule has 5 heterocycles. The summed E-state index contributed by atoms with van der Waals surface area (Å²) < 4.78 is 36.4. The zero-order valence-electron chi connectivity index (χ0n) is 49.4. The summed E-state index contributed by atoms with van der Waals surface area (Å²) in [5, 5.41) is 37.5. The van der Waals surface area contributed by atoms with Crippen LogP contribution in [-0.4, -0.2) is 149 Å². The van der Waals surface area contributed by atoms with Gasteiger partial charge in [0, 0.05) is 87.6 Å². The molecule has 0 radical (unpaired) electrons. The van der Waals surface area contributed by atoms with Gasteiger partial charge in [-0.25, -0.2) is 14.8 Å². The molecule has 33 heteroatoms. The van der Waals surface area contributed by atoms with Gasteiger partial charge in [0.15, 0.2) is 11.2 Å². The molecule has 5 aromatic carbocycles. The molecule has 0 saturated carbocycles. The van der Waals surface area contributed by atoms with E-state index in [-0.39, 0.29) is 82.2 Å². The molecule has 0 fully saturated rings. The van der Waals surface area contributed by atoms with E-state index in [9.17, 15) is 67.7 Å². The van der Waals surface area contributed by atoms with Gasteiger partial charge in [-0.15, -0.1) is 11.6 Å². The number of H-pyrrole nitrogens is 3. The zero-order valence-corrected chi connectivity index (χ0v) is 50.2. The number of ether oxygens (including phenoxy) is 1. The fraction of sp³-hybridized carbons (Fsp3) is 0.210. The Hall–Kier alpha value is -12.2. The molecule has 10 rings (SSSR count). The largest absolute Gasteiger partial charge is 0.481 e. The average molecular weight is 1320 g/mol. The van der Waals surface area contributed by atoms with E-state index in [2.05, 4.69) is 51.2 Å². The van der Waals surface area contributed by atoms with Crippen LogP contribution in [0.3, 0.4) is 0 Å². The molecule has 9 aromatic rings. The third kappa shape index (κ3) is 15.1. The summed E-state index contributed by atoms with van der Waals surface area (Å²) in [5.41, 5.74) is 8.38. The van der Waals surface area contributed by atoms with Crippen LogP contribution in [0.1, 0.15) is 74.7 Å². The normalized spacial score (nSPS) is 13.6. The number of nitrogens with two attached hydrogens (primary N) is 1. The van der Waals surface area contributed by atoms with Crippen molar-refractivity contribution >= 4 is 150 Å². The number of aromatic nitrogens is 6. The summed E-state index contributed by atoms with van der Waals surface area (Å²) in [6.45, 7) is -0.121. The SMILES string of the molecule is CC(=O)Oc1cc2c(c3ccccc13)C(CCl)CN2C(=O)c1cc2cc(NC(=O)c3cc4cc(NC(=O)C(F)(F)CNC(=O)[C@H](CC(=O)O)NC(=O)[C@H](CC=O)NC(=O)C[C@H](NC(=O)c5ccc(NCc6cnc7nc(N)[nH]c(=O)c7n6)cc5)C(=O)O)ccc4[nH]3)ccc2[nH]1. The first kappa shape index (κ1) is 65.7. The molecule has 488 valence electrons. The van der Waals surface area contributed by atoms with Crippen LogP contribution in [0.5, 0.6) is 5.75 Å². The van der Waals surface area contributed by atoms with Gasteiger partial charge in [0.25, 0.3) is 29.2 Å². The second-order valence-electron chi connectivity index (χ2n) is 21.7. The lowest BCUT2D eigenvalue weighted by Crippen LogP contribution is -2.56. The monoisotopic (exact) mass is 1320 g/mol. The number of nitrogens with zero attached hydrogens (tertiary/aromatic N) is 4. The number of aldehydes is 1. The number of carboxylic acids is 2. The van der Waals surface area contributed by atoms with E-state index < -0.39 is 109 Å². The van der Waals surface area contributed by atoms with Crippen molar-refractivity contribution in [1.29, 1.82) is 0 Å². The number of hydrogen-bond acceptors (Lipinski definition) is 18. The molecule has 4 aromatic heterocycles. The Morgan fingerprint density at radius 2 is 1.43 bits per heavy atom. The lowest BCUT2D eigenvalue weighted by atomic mass is 9.95. The quantitative estimate of drug-likeness (QED) is 0.0165. The van der Waals surface area contributed by atoms with Crippen molar-refractivity contribution in [2.24, 2.45) is 0 Å². The number of halogens is 3. The smallest absolute Gasteiger partial charge is 0.341 e. The Bertz CT molecular complexity index is 4690. The Labute approximate surface area is 537 Å². The third-order valence-corrected chi connectivity index (χ3v) is 15.3. The first-order valence-corrected chi connectivity index (χ1v) is 29.2. The third-order valence-electron chi connectivity index (χ3n) is 15.0. The van der Waals surface area contributed by atoms with Crippen molar-refractivity contribution in [3.63, 3.8) is 0 Å². The number of carbonyl (C=O) groups is 11. The first-order chi connectivity index (χ1) is 45.3. The number of carbonyl (C=O) groups excluding carboxylic acids is 9. The van der Waals surface area contributed by atoms with Gasteiger partial charge in [-0.05, 0) is 83.7 Å². The van der Waals surface area contributed by atoms with E-state index in [0.717, 1.165) is 10.9 Å². The van der Waals surface area contributed by atoms with Crippen LogP contribution in [0.4, 0.5) is 37.5 Å². The fourth-order valence-electron chi connectivity index (χ4n) is 10.4. The molecule has 7 amide bonds. The highest BCUT2D eigenvalue weighted by Gasteiger charge is 2.41. The maximum absolute atomic E-state index is 15.4. The maximum atomic E-state index is 15.4. The number of nitrogens with one attached hydrogen (secondary N) is 10. The number of carboxylic acid groups (broad SMARTS) is 2. The number of anilines is 5. The van der Waals surface area contributed by atoms with E-state index in [1.165, 1.54) is 61.7 Å². The molecule has 30 nitrogen and oxygen atoms in total. The van der Waals surface area contributed by atoms with Crippen LogP contribution >= 0.6 is 11.6 Å². The summed E-state index contributed by atoms with van der Waals surface area (Å²) in [4.78, 5) is 176. The summed E-state index contributed by atoms with van der Waals surface area (Å²) in [6, 6.07) is 20.4. The highest BCUT2D eigenvalue weighted by molar-refractivity contribution is 6.19. The summed E-state index contributed by atoms with van der Waals surface area (Å²) in [5.74, 6) is -16.2. The predicted octanol–water partition coefficient (Wildman–Crippen LogP) is 4.18. The van der Waals surface area contributed by atoms with Crippen molar-refractivity contribution < 1.29 is 76.5 Å². The Morgan fingerprint density at radius 3 is 2.09 bits per heavy atom. The molecule has 4 atom stereocenters. The highest BCUT2D eigenvalue weighted by atomic mass is 35.5. The first-order valence-electron chi connectivity index (χ1n) is 28.6. The van der Waals surface area contributed by atoms with Gasteiger partial charge in [-0.1, -0.05) is 24.3 Å². The molecule has 0 aliphatic carbocycles.